The lowest BCUT2D eigenvalue weighted by Crippen LogP contribution is -2.15. The lowest BCUT2D eigenvalue weighted by Gasteiger charge is -2.08. The summed E-state index contributed by atoms with van der Waals surface area (Å²) in [4.78, 5) is 20.0. The zero-order valence-corrected chi connectivity index (χ0v) is 14.2. The third-order valence-electron chi connectivity index (χ3n) is 2.54. The molecular formula is C13H14IN5OS. The number of carbonyl (C=O) groups excluding carboxylic acids is 1. The maximum absolute atomic E-state index is 11.9. The van der Waals surface area contributed by atoms with Crippen molar-refractivity contribution in [3.05, 3.63) is 33.4 Å². The van der Waals surface area contributed by atoms with E-state index in [2.05, 4.69) is 37.9 Å². The Labute approximate surface area is 140 Å². The lowest BCUT2D eigenvalue weighted by molar-refractivity contribution is -0.113. The smallest absolute Gasteiger partial charge is 0.234 e. The van der Waals surface area contributed by atoms with Crippen molar-refractivity contribution in [3.8, 4) is 0 Å². The largest absolute Gasteiger partial charge is 0.383 e. The fraction of sp³-hybridized carbons (Fsp3) is 0.154. The number of nitrogens with two attached hydrogens (primary N) is 2. The Morgan fingerprint density at radius 3 is 2.57 bits per heavy atom. The van der Waals surface area contributed by atoms with Crippen LogP contribution in [0, 0.1) is 10.5 Å². The van der Waals surface area contributed by atoms with Crippen LogP contribution in [0.25, 0.3) is 0 Å². The van der Waals surface area contributed by atoms with E-state index in [-0.39, 0.29) is 11.7 Å². The Morgan fingerprint density at radius 1 is 1.29 bits per heavy atom. The topological polar surface area (TPSA) is 107 Å². The summed E-state index contributed by atoms with van der Waals surface area (Å²) in [6.45, 7) is 1.95. The molecule has 1 aromatic carbocycles. The Morgan fingerprint density at radius 2 is 1.95 bits per heavy atom. The van der Waals surface area contributed by atoms with Gasteiger partial charge >= 0.3 is 0 Å². The van der Waals surface area contributed by atoms with Crippen molar-refractivity contribution < 1.29 is 4.79 Å². The van der Waals surface area contributed by atoms with E-state index >= 15 is 0 Å². The fourth-order valence-corrected chi connectivity index (χ4v) is 2.93. The number of halogens is 1. The third kappa shape index (κ3) is 4.74. The van der Waals surface area contributed by atoms with E-state index in [9.17, 15) is 4.79 Å². The van der Waals surface area contributed by atoms with Gasteiger partial charge in [-0.3, -0.25) is 4.79 Å². The van der Waals surface area contributed by atoms with E-state index in [1.807, 2.05) is 25.1 Å². The molecule has 0 bridgehead atoms. The molecule has 1 heterocycles. The van der Waals surface area contributed by atoms with E-state index in [1.54, 1.807) is 0 Å². The maximum atomic E-state index is 11.9. The molecule has 0 unspecified atom stereocenters. The number of benzene rings is 1. The molecule has 2 aromatic rings. The molecule has 0 saturated heterocycles. The van der Waals surface area contributed by atoms with Crippen LogP contribution in [0.15, 0.2) is 29.4 Å². The summed E-state index contributed by atoms with van der Waals surface area (Å²) in [5.41, 5.74) is 13.0. The fourth-order valence-electron chi connectivity index (χ4n) is 1.61. The molecule has 5 N–H and O–H groups in total. The van der Waals surface area contributed by atoms with Gasteiger partial charge in [0.05, 0.1) is 5.75 Å². The molecule has 2 rings (SSSR count). The number of nitrogen functional groups attached to an aromatic ring is 2. The molecular weight excluding hydrogens is 401 g/mol. The van der Waals surface area contributed by atoms with Gasteiger partial charge in [0, 0.05) is 15.3 Å². The second-order valence-corrected chi connectivity index (χ2v) is 6.48. The van der Waals surface area contributed by atoms with Crippen LogP contribution < -0.4 is 16.8 Å². The van der Waals surface area contributed by atoms with Crippen molar-refractivity contribution in [3.63, 3.8) is 0 Å². The van der Waals surface area contributed by atoms with Gasteiger partial charge in [0.1, 0.15) is 11.6 Å². The van der Waals surface area contributed by atoms with E-state index in [0.29, 0.717) is 16.8 Å². The molecule has 0 atom stereocenters. The van der Waals surface area contributed by atoms with Crippen LogP contribution in [-0.4, -0.2) is 21.6 Å². The Kier molecular flexibility index (Phi) is 5.23. The van der Waals surface area contributed by atoms with E-state index in [0.717, 1.165) is 14.8 Å². The van der Waals surface area contributed by atoms with Crippen LogP contribution in [0.1, 0.15) is 5.56 Å². The van der Waals surface area contributed by atoms with Crippen molar-refractivity contribution in [1.29, 1.82) is 0 Å². The second-order valence-electron chi connectivity index (χ2n) is 4.30. The predicted octanol–water partition coefficient (Wildman–Crippen LogP) is 2.28. The quantitative estimate of drug-likeness (QED) is 0.402. The number of hydrogen-bond donors (Lipinski definition) is 3. The van der Waals surface area contributed by atoms with Crippen LogP contribution in [0.3, 0.4) is 0 Å². The highest BCUT2D eigenvalue weighted by atomic mass is 127. The second kappa shape index (κ2) is 6.94. The number of nitrogens with one attached hydrogen (secondary N) is 1. The first kappa shape index (κ1) is 15.8. The van der Waals surface area contributed by atoms with Gasteiger partial charge in [-0.15, -0.1) is 0 Å². The van der Waals surface area contributed by atoms with E-state index in [1.165, 1.54) is 17.8 Å². The zero-order valence-electron chi connectivity index (χ0n) is 11.3. The van der Waals surface area contributed by atoms with Crippen LogP contribution in [0.4, 0.5) is 17.3 Å². The number of amides is 1. The molecule has 0 fully saturated rings. The molecule has 21 heavy (non-hydrogen) atoms. The number of thioether (sulfide) groups is 1. The highest BCUT2D eigenvalue weighted by Crippen LogP contribution is 2.20. The summed E-state index contributed by atoms with van der Waals surface area (Å²) < 4.78 is 1.13. The summed E-state index contributed by atoms with van der Waals surface area (Å²) in [6, 6.07) is 7.30. The average molecular weight is 415 g/mol. The van der Waals surface area contributed by atoms with Gasteiger partial charge in [-0.2, -0.15) is 0 Å². The number of hydrogen-bond acceptors (Lipinski definition) is 6. The summed E-state index contributed by atoms with van der Waals surface area (Å²) in [6.07, 6.45) is 0. The molecule has 8 heteroatoms. The molecule has 110 valence electrons. The normalized spacial score (nSPS) is 10.4. The van der Waals surface area contributed by atoms with Crippen LogP contribution in [0.5, 0.6) is 0 Å². The standard InChI is InChI=1S/C13H14IN5OS/c1-7-4-8(14)2-3-9(7)17-12(20)6-21-13-18-10(15)5-11(16)19-13/h2-5H,6H2,1H3,(H,17,20)(H4,15,16,18,19). The molecule has 1 amide bonds. The minimum Gasteiger partial charge on any atom is -0.383 e. The van der Waals surface area contributed by atoms with Crippen molar-refractivity contribution in [2.45, 2.75) is 12.1 Å². The van der Waals surface area contributed by atoms with Crippen molar-refractivity contribution in [1.82, 2.24) is 9.97 Å². The highest BCUT2D eigenvalue weighted by molar-refractivity contribution is 14.1. The average Bonchev–Trinajstić information content (AvgIpc) is 2.39. The van der Waals surface area contributed by atoms with Crippen LogP contribution in [-0.2, 0) is 4.79 Å². The molecule has 6 nitrogen and oxygen atoms in total. The first-order chi connectivity index (χ1) is 9.94. The van der Waals surface area contributed by atoms with E-state index < -0.39 is 0 Å². The molecule has 0 radical (unpaired) electrons. The van der Waals surface area contributed by atoms with Crippen molar-refractivity contribution in [2.24, 2.45) is 0 Å². The van der Waals surface area contributed by atoms with Crippen LogP contribution >= 0.6 is 34.4 Å². The van der Waals surface area contributed by atoms with Crippen molar-refractivity contribution >= 4 is 57.6 Å². The van der Waals surface area contributed by atoms with Gasteiger partial charge < -0.3 is 16.8 Å². The third-order valence-corrected chi connectivity index (χ3v) is 4.06. The number of anilines is 3. The monoisotopic (exact) mass is 415 g/mol. The Bertz CT molecular complexity index is 659. The Balaban J connectivity index is 1.95. The number of aryl methyl sites for hydroxylation is 1. The maximum Gasteiger partial charge on any atom is 0.234 e. The summed E-state index contributed by atoms with van der Waals surface area (Å²) in [5.74, 6) is 0.639. The number of nitrogens with zero attached hydrogens (tertiary/aromatic N) is 2. The first-order valence-corrected chi connectivity index (χ1v) is 8.09. The first-order valence-electron chi connectivity index (χ1n) is 6.03. The van der Waals surface area contributed by atoms with E-state index in [4.69, 9.17) is 11.5 Å². The minimum atomic E-state index is -0.131. The lowest BCUT2D eigenvalue weighted by atomic mass is 10.2. The number of aromatic nitrogens is 2. The van der Waals surface area contributed by atoms with Gasteiger partial charge in [-0.25, -0.2) is 9.97 Å². The van der Waals surface area contributed by atoms with Gasteiger partial charge in [0.25, 0.3) is 0 Å². The van der Waals surface area contributed by atoms with Gasteiger partial charge in [0.15, 0.2) is 5.16 Å². The summed E-state index contributed by atoms with van der Waals surface area (Å²) >= 11 is 3.42. The molecule has 0 saturated carbocycles. The summed E-state index contributed by atoms with van der Waals surface area (Å²) in [5, 5.41) is 3.25. The molecule has 0 aliphatic rings. The Hall–Kier alpha value is -1.55. The van der Waals surface area contributed by atoms with Gasteiger partial charge in [-0.1, -0.05) is 11.8 Å². The molecule has 0 spiro atoms. The zero-order chi connectivity index (χ0) is 15.4. The highest BCUT2D eigenvalue weighted by Gasteiger charge is 2.08. The number of carbonyl (C=O) groups is 1. The van der Waals surface area contributed by atoms with Crippen molar-refractivity contribution in [2.75, 3.05) is 22.5 Å². The van der Waals surface area contributed by atoms with Crippen LogP contribution in [0.2, 0.25) is 0 Å². The molecule has 0 aliphatic carbocycles. The molecule has 0 aliphatic heterocycles. The summed E-state index contributed by atoms with van der Waals surface area (Å²) in [7, 11) is 0. The number of rotatable bonds is 4. The van der Waals surface area contributed by atoms with Gasteiger partial charge in [-0.05, 0) is 53.3 Å². The predicted molar refractivity (Wildman–Crippen MR) is 94.1 cm³/mol. The van der Waals surface area contributed by atoms with Gasteiger partial charge in [0.2, 0.25) is 5.91 Å². The minimum absolute atomic E-state index is 0.131. The SMILES string of the molecule is Cc1cc(I)ccc1NC(=O)CSc1nc(N)cc(N)n1. The molecule has 1 aromatic heterocycles.